The lowest BCUT2D eigenvalue weighted by molar-refractivity contribution is 0.0299. The Hall–Kier alpha value is -1.96. The molecule has 0 saturated carbocycles. The van der Waals surface area contributed by atoms with E-state index in [0.717, 1.165) is 59.5 Å². The SMILES string of the molecule is CCOCN1CCN(c2nc(Sc3nc(C(=O)N4CCOCC4)cs3)nc3[nH]c(CC)c(Cl)c23)CC1. The van der Waals surface area contributed by atoms with Crippen LogP contribution in [0, 0.1) is 0 Å². The van der Waals surface area contributed by atoms with Crippen LogP contribution in [0.1, 0.15) is 30.0 Å². The van der Waals surface area contributed by atoms with E-state index in [2.05, 4.69) is 26.7 Å². The number of thiazole rings is 1. The van der Waals surface area contributed by atoms with E-state index in [1.54, 1.807) is 10.3 Å². The number of halogens is 1. The zero-order chi connectivity index (χ0) is 25.1. The summed E-state index contributed by atoms with van der Waals surface area (Å²) in [6.07, 6.45) is 0.777. The van der Waals surface area contributed by atoms with Crippen molar-refractivity contribution < 1.29 is 14.3 Å². The third kappa shape index (κ3) is 5.48. The van der Waals surface area contributed by atoms with Crippen LogP contribution in [-0.4, -0.2) is 101 Å². The highest BCUT2D eigenvalue weighted by atomic mass is 35.5. The van der Waals surface area contributed by atoms with Crippen molar-refractivity contribution in [1.82, 2.24) is 29.7 Å². The van der Waals surface area contributed by atoms with Gasteiger partial charge in [-0.3, -0.25) is 9.69 Å². The van der Waals surface area contributed by atoms with Crippen molar-refractivity contribution in [2.75, 3.05) is 70.7 Å². The molecule has 0 atom stereocenters. The number of nitrogens with one attached hydrogen (secondary N) is 1. The van der Waals surface area contributed by atoms with Crippen LogP contribution in [0.3, 0.4) is 0 Å². The summed E-state index contributed by atoms with van der Waals surface area (Å²) >= 11 is 9.56. The number of amides is 1. The summed E-state index contributed by atoms with van der Waals surface area (Å²) in [6, 6.07) is 0. The molecule has 2 saturated heterocycles. The zero-order valence-electron chi connectivity index (χ0n) is 20.5. The first kappa shape index (κ1) is 25.7. The Kier molecular flexibility index (Phi) is 8.28. The van der Waals surface area contributed by atoms with Crippen LogP contribution in [0.4, 0.5) is 5.82 Å². The molecule has 13 heteroatoms. The zero-order valence-corrected chi connectivity index (χ0v) is 22.8. The standard InChI is InChI=1S/C23H30ClN7O3S2/c1-3-15-18(24)17-19(25-15)27-22(28-20(17)30-7-5-29(6-8-30)14-33-4-2)36-23-26-16(13-35-23)21(32)31-9-11-34-12-10-31/h13H,3-12,14H2,1-2H3,(H,25,27,28). The van der Waals surface area contributed by atoms with Gasteiger partial charge in [-0.15, -0.1) is 11.3 Å². The van der Waals surface area contributed by atoms with E-state index in [1.165, 1.54) is 23.1 Å². The van der Waals surface area contributed by atoms with Crippen LogP contribution in [0.15, 0.2) is 14.9 Å². The first-order chi connectivity index (χ1) is 17.6. The van der Waals surface area contributed by atoms with Gasteiger partial charge in [0.1, 0.15) is 17.2 Å². The quantitative estimate of drug-likeness (QED) is 0.422. The summed E-state index contributed by atoms with van der Waals surface area (Å²) in [5, 5.41) is 3.93. The Labute approximate surface area is 223 Å². The summed E-state index contributed by atoms with van der Waals surface area (Å²) in [4.78, 5) is 36.8. The number of aryl methyl sites for hydroxylation is 1. The summed E-state index contributed by atoms with van der Waals surface area (Å²) in [5.74, 6) is 0.771. The molecule has 5 heterocycles. The van der Waals surface area contributed by atoms with Gasteiger partial charge in [-0.05, 0) is 25.1 Å². The summed E-state index contributed by atoms with van der Waals surface area (Å²) in [6.45, 7) is 11.1. The number of hydrogen-bond donors (Lipinski definition) is 1. The Morgan fingerprint density at radius 3 is 2.67 bits per heavy atom. The topological polar surface area (TPSA) is 99.7 Å². The molecule has 0 unspecified atom stereocenters. The van der Waals surface area contributed by atoms with E-state index in [1.807, 2.05) is 6.92 Å². The third-order valence-electron chi connectivity index (χ3n) is 6.31. The molecule has 3 aromatic rings. The highest BCUT2D eigenvalue weighted by Gasteiger charge is 2.26. The number of hydrogen-bond acceptors (Lipinski definition) is 10. The van der Waals surface area contributed by atoms with E-state index < -0.39 is 0 Å². The van der Waals surface area contributed by atoms with Crippen molar-refractivity contribution in [2.45, 2.75) is 29.8 Å². The number of carbonyl (C=O) groups excluding carboxylic acids is 1. The molecular formula is C23H30ClN7O3S2. The highest BCUT2D eigenvalue weighted by molar-refractivity contribution is 8.00. The molecule has 0 bridgehead atoms. The van der Waals surface area contributed by atoms with Gasteiger partial charge in [0.25, 0.3) is 5.91 Å². The number of H-pyrrole nitrogens is 1. The maximum absolute atomic E-state index is 12.8. The number of nitrogens with zero attached hydrogens (tertiary/aromatic N) is 6. The molecule has 3 aromatic heterocycles. The van der Waals surface area contributed by atoms with Gasteiger partial charge in [0, 0.05) is 56.9 Å². The number of aromatic amines is 1. The van der Waals surface area contributed by atoms with Crippen molar-refractivity contribution in [3.05, 3.63) is 21.8 Å². The molecule has 10 nitrogen and oxygen atoms in total. The number of morpholine rings is 1. The minimum atomic E-state index is -0.0629. The molecule has 1 N–H and O–H groups in total. The van der Waals surface area contributed by atoms with Gasteiger partial charge in [0.05, 0.1) is 30.4 Å². The second-order valence-corrected chi connectivity index (χ2v) is 11.0. The maximum atomic E-state index is 12.8. The van der Waals surface area contributed by atoms with Gasteiger partial charge in [0.2, 0.25) is 0 Å². The first-order valence-corrected chi connectivity index (χ1v) is 14.3. The Morgan fingerprint density at radius 1 is 1.17 bits per heavy atom. The van der Waals surface area contributed by atoms with Crippen LogP contribution in [0.5, 0.6) is 0 Å². The van der Waals surface area contributed by atoms with Gasteiger partial charge in [-0.2, -0.15) is 0 Å². The van der Waals surface area contributed by atoms with Gasteiger partial charge in [0.15, 0.2) is 9.50 Å². The molecule has 5 rings (SSSR count). The summed E-state index contributed by atoms with van der Waals surface area (Å²) in [7, 11) is 0. The summed E-state index contributed by atoms with van der Waals surface area (Å²) < 4.78 is 11.7. The van der Waals surface area contributed by atoms with Gasteiger partial charge >= 0.3 is 0 Å². The molecule has 1 amide bonds. The largest absolute Gasteiger partial charge is 0.378 e. The Morgan fingerprint density at radius 2 is 1.94 bits per heavy atom. The van der Waals surface area contributed by atoms with Crippen LogP contribution in [0.25, 0.3) is 11.0 Å². The normalized spacial score (nSPS) is 17.3. The number of piperazine rings is 1. The van der Waals surface area contributed by atoms with Gasteiger partial charge < -0.3 is 24.3 Å². The fourth-order valence-corrected chi connectivity index (χ4v) is 6.31. The fraction of sp³-hybridized carbons (Fsp3) is 0.565. The third-order valence-corrected chi connectivity index (χ3v) is 8.53. The lowest BCUT2D eigenvalue weighted by atomic mass is 10.2. The number of fused-ring (bicyclic) bond motifs is 1. The first-order valence-electron chi connectivity index (χ1n) is 12.2. The summed E-state index contributed by atoms with van der Waals surface area (Å²) in [5.41, 5.74) is 2.13. The number of ether oxygens (including phenoxy) is 2. The number of carbonyl (C=O) groups is 1. The second-order valence-electron chi connectivity index (χ2n) is 8.56. The monoisotopic (exact) mass is 551 g/mol. The van der Waals surface area contributed by atoms with E-state index in [0.29, 0.717) is 55.5 Å². The predicted octanol–water partition coefficient (Wildman–Crippen LogP) is 3.37. The van der Waals surface area contributed by atoms with Gasteiger partial charge in [-0.1, -0.05) is 18.5 Å². The molecule has 2 fully saturated rings. The van der Waals surface area contributed by atoms with Crippen LogP contribution in [0.2, 0.25) is 5.02 Å². The molecular weight excluding hydrogens is 522 g/mol. The molecule has 0 radical (unpaired) electrons. The van der Waals surface area contributed by atoms with E-state index in [9.17, 15) is 4.79 Å². The highest BCUT2D eigenvalue weighted by Crippen LogP contribution is 2.37. The van der Waals surface area contributed by atoms with Crippen LogP contribution < -0.4 is 4.90 Å². The fourth-order valence-electron chi connectivity index (χ4n) is 4.31. The minimum absolute atomic E-state index is 0.0629. The minimum Gasteiger partial charge on any atom is -0.378 e. The van der Waals surface area contributed by atoms with Crippen molar-refractivity contribution >= 4 is 57.5 Å². The van der Waals surface area contributed by atoms with Crippen LogP contribution in [-0.2, 0) is 15.9 Å². The molecule has 2 aliphatic heterocycles. The van der Waals surface area contributed by atoms with Crippen molar-refractivity contribution in [3.8, 4) is 0 Å². The average Bonchev–Trinajstić information content (AvgIpc) is 3.51. The lowest BCUT2D eigenvalue weighted by Gasteiger charge is -2.35. The second kappa shape index (κ2) is 11.6. The number of anilines is 1. The molecule has 194 valence electrons. The Bertz CT molecular complexity index is 1210. The van der Waals surface area contributed by atoms with E-state index in [4.69, 9.17) is 31.0 Å². The van der Waals surface area contributed by atoms with Crippen LogP contribution >= 0.6 is 34.7 Å². The lowest BCUT2D eigenvalue weighted by Crippen LogP contribution is -2.47. The predicted molar refractivity (Wildman–Crippen MR) is 142 cm³/mol. The molecule has 0 spiro atoms. The number of rotatable bonds is 8. The molecule has 0 aromatic carbocycles. The van der Waals surface area contributed by atoms with E-state index >= 15 is 0 Å². The van der Waals surface area contributed by atoms with Gasteiger partial charge in [-0.25, -0.2) is 15.0 Å². The van der Waals surface area contributed by atoms with Crippen molar-refractivity contribution in [1.29, 1.82) is 0 Å². The molecule has 2 aliphatic rings. The Balaban J connectivity index is 1.39. The maximum Gasteiger partial charge on any atom is 0.273 e. The smallest absolute Gasteiger partial charge is 0.273 e. The van der Waals surface area contributed by atoms with E-state index in [-0.39, 0.29) is 5.91 Å². The average molecular weight is 552 g/mol. The molecule has 0 aliphatic carbocycles. The van der Waals surface area contributed by atoms with Crippen molar-refractivity contribution in [2.24, 2.45) is 0 Å². The molecule has 36 heavy (non-hydrogen) atoms. The van der Waals surface area contributed by atoms with Crippen molar-refractivity contribution in [3.63, 3.8) is 0 Å². The number of aromatic nitrogens is 4.